The maximum Gasteiger partial charge on any atom is 0.0540 e. The van der Waals surface area contributed by atoms with Gasteiger partial charge in [0.1, 0.15) is 0 Å². The number of nitrogens with zero attached hydrogens (tertiary/aromatic N) is 1. The first kappa shape index (κ1) is 35.0. The van der Waals surface area contributed by atoms with E-state index in [4.69, 9.17) is 0 Å². The zero-order valence-electron chi connectivity index (χ0n) is 31.9. The number of allylic oxidation sites excluding steroid dienone is 7. The fourth-order valence-corrected chi connectivity index (χ4v) is 8.35. The highest BCUT2D eigenvalue weighted by Crippen LogP contribution is 2.43. The molecule has 0 fully saturated rings. The van der Waals surface area contributed by atoms with Crippen molar-refractivity contribution < 1.29 is 0 Å². The lowest BCUT2D eigenvalue weighted by Crippen LogP contribution is -2.11. The molecule has 0 bridgehead atoms. The molecular weight excluding hydrogens is 675 g/mol. The van der Waals surface area contributed by atoms with Crippen LogP contribution in [0.5, 0.6) is 0 Å². The molecule has 8 aromatic rings. The third-order valence-electron chi connectivity index (χ3n) is 11.2. The van der Waals surface area contributed by atoms with Gasteiger partial charge in [0.15, 0.2) is 0 Å². The Kier molecular flexibility index (Phi) is 9.98. The normalized spacial score (nSPS) is 13.6. The number of benzene rings is 8. The van der Waals surface area contributed by atoms with Crippen LogP contribution < -0.4 is 4.90 Å². The molecule has 1 aliphatic rings. The molecule has 1 aliphatic carbocycles. The molecule has 1 nitrogen and oxygen atoms in total. The zero-order valence-corrected chi connectivity index (χ0v) is 31.9. The van der Waals surface area contributed by atoms with E-state index in [0.717, 1.165) is 29.8 Å². The number of hydrogen-bond acceptors (Lipinski definition) is 1. The summed E-state index contributed by atoms with van der Waals surface area (Å²) in [7, 11) is 0. The second kappa shape index (κ2) is 16.0. The van der Waals surface area contributed by atoms with Crippen LogP contribution in [0.2, 0.25) is 0 Å². The fourth-order valence-electron chi connectivity index (χ4n) is 8.35. The van der Waals surface area contributed by atoms with Gasteiger partial charge < -0.3 is 4.90 Å². The molecule has 0 aromatic heterocycles. The van der Waals surface area contributed by atoms with Crippen molar-refractivity contribution in [1.29, 1.82) is 0 Å². The van der Waals surface area contributed by atoms with Crippen molar-refractivity contribution in [3.63, 3.8) is 0 Å². The Morgan fingerprint density at radius 1 is 0.554 bits per heavy atom. The molecule has 270 valence electrons. The summed E-state index contributed by atoms with van der Waals surface area (Å²) in [5.74, 6) is 0. The molecule has 0 atom stereocenters. The third-order valence-corrected chi connectivity index (χ3v) is 11.2. The van der Waals surface area contributed by atoms with Crippen LogP contribution in [0.3, 0.4) is 0 Å². The maximum atomic E-state index is 2.46. The summed E-state index contributed by atoms with van der Waals surface area (Å²) in [4.78, 5) is 2.42. The van der Waals surface area contributed by atoms with Gasteiger partial charge in [-0.2, -0.15) is 0 Å². The minimum atomic E-state index is 1.12. The molecule has 8 aromatic carbocycles. The van der Waals surface area contributed by atoms with E-state index in [1.54, 1.807) is 0 Å². The van der Waals surface area contributed by atoms with Gasteiger partial charge in [-0.1, -0.05) is 170 Å². The van der Waals surface area contributed by atoms with E-state index in [1.807, 2.05) is 0 Å². The van der Waals surface area contributed by atoms with Gasteiger partial charge in [-0.25, -0.2) is 0 Å². The lowest BCUT2D eigenvalue weighted by atomic mass is 9.89. The van der Waals surface area contributed by atoms with Gasteiger partial charge in [0, 0.05) is 16.8 Å². The van der Waals surface area contributed by atoms with Gasteiger partial charge in [0.2, 0.25) is 0 Å². The monoisotopic (exact) mass is 719 g/mol. The highest BCUT2D eigenvalue weighted by molar-refractivity contribution is 6.13. The molecule has 1 heteroatoms. The number of fused-ring (bicyclic) bond motifs is 4. The summed E-state index contributed by atoms with van der Waals surface area (Å²) >= 11 is 0. The van der Waals surface area contributed by atoms with Crippen LogP contribution >= 0.6 is 0 Å². The van der Waals surface area contributed by atoms with Crippen molar-refractivity contribution in [3.8, 4) is 11.1 Å². The smallest absolute Gasteiger partial charge is 0.0540 e. The van der Waals surface area contributed by atoms with E-state index in [0.29, 0.717) is 0 Å². The van der Waals surface area contributed by atoms with E-state index < -0.39 is 0 Å². The predicted molar refractivity (Wildman–Crippen MR) is 244 cm³/mol. The second-order valence-electron chi connectivity index (χ2n) is 14.7. The average molecular weight is 720 g/mol. The first-order valence-corrected chi connectivity index (χ1v) is 19.9. The molecule has 0 unspecified atom stereocenters. The van der Waals surface area contributed by atoms with Crippen LogP contribution in [0, 0.1) is 0 Å². The fraction of sp³-hybridized carbons (Fsp3) is 0.0909. The van der Waals surface area contributed by atoms with Crippen LogP contribution in [0.4, 0.5) is 17.1 Å². The zero-order chi connectivity index (χ0) is 37.7. The van der Waals surface area contributed by atoms with Gasteiger partial charge in [-0.05, 0) is 135 Å². The molecule has 0 heterocycles. The predicted octanol–water partition coefficient (Wildman–Crippen LogP) is 15.9. The number of rotatable bonds is 9. The minimum absolute atomic E-state index is 1.12. The Labute approximate surface area is 330 Å². The molecule has 9 rings (SSSR count). The van der Waals surface area contributed by atoms with Gasteiger partial charge >= 0.3 is 0 Å². The highest BCUT2D eigenvalue weighted by atomic mass is 15.1. The topological polar surface area (TPSA) is 3.24 Å². The van der Waals surface area contributed by atoms with Crippen LogP contribution in [-0.2, 0) is 0 Å². The maximum absolute atomic E-state index is 2.46. The quantitative estimate of drug-likeness (QED) is 0.106. The Bertz CT molecular complexity index is 2780. The summed E-state index contributed by atoms with van der Waals surface area (Å²) in [5.41, 5.74) is 12.3. The van der Waals surface area contributed by atoms with Gasteiger partial charge in [-0.3, -0.25) is 0 Å². The largest absolute Gasteiger partial charge is 0.310 e. The first-order chi connectivity index (χ1) is 27.7. The lowest BCUT2D eigenvalue weighted by molar-refractivity contribution is 0.742. The van der Waals surface area contributed by atoms with Crippen LogP contribution in [0.25, 0.3) is 60.7 Å². The third kappa shape index (κ3) is 7.01. The standard InChI is InChI=1S/C55H45N/c1-2-3-16-44(54-39-45-21-10-11-22-48(45)50-23-12-13-25-52(50)54)30-27-40-28-33-46(34-29-40)56(47-35-31-42(32-36-47)41-17-6-4-7-18-41)55-38-37-49(43-19-8-5-9-20-43)51-24-14-15-26-53(51)55/h2-4,6-7,10-19,21-39H,5,8-9,20H2,1H3/b3-2-,30-27+,44-16+. The second-order valence-corrected chi connectivity index (χ2v) is 14.7. The van der Waals surface area contributed by atoms with Gasteiger partial charge in [0.25, 0.3) is 0 Å². The Morgan fingerprint density at radius 3 is 1.93 bits per heavy atom. The van der Waals surface area contributed by atoms with Crippen molar-refractivity contribution >= 4 is 66.6 Å². The van der Waals surface area contributed by atoms with Gasteiger partial charge in [0.05, 0.1) is 5.69 Å². The van der Waals surface area contributed by atoms with Crippen LogP contribution in [0.1, 0.15) is 49.3 Å². The summed E-state index contributed by atoms with van der Waals surface area (Å²) in [6, 6.07) is 62.0. The van der Waals surface area contributed by atoms with E-state index in [-0.39, 0.29) is 0 Å². The molecular formula is C55H45N. The lowest BCUT2D eigenvalue weighted by Gasteiger charge is -2.28. The van der Waals surface area contributed by atoms with Crippen molar-refractivity contribution in [3.05, 3.63) is 217 Å². The molecule has 0 spiro atoms. The summed E-state index contributed by atoms with van der Waals surface area (Å²) in [6.45, 7) is 2.07. The van der Waals surface area contributed by atoms with Gasteiger partial charge in [-0.15, -0.1) is 0 Å². The summed E-state index contributed by atoms with van der Waals surface area (Å²) < 4.78 is 0. The van der Waals surface area contributed by atoms with Crippen molar-refractivity contribution in [2.45, 2.75) is 32.6 Å². The molecule has 0 saturated carbocycles. The van der Waals surface area contributed by atoms with E-state index >= 15 is 0 Å². The van der Waals surface area contributed by atoms with E-state index in [2.05, 4.69) is 218 Å². The minimum Gasteiger partial charge on any atom is -0.310 e. The summed E-state index contributed by atoms with van der Waals surface area (Å²) in [6.07, 6.45) is 18.3. The molecule has 0 saturated heterocycles. The SMILES string of the molecule is C\C=C/C=C(\C=C\c1ccc(N(c2ccc(-c3ccccc3)cc2)c2ccc(C3=CCCCC3)c3ccccc23)cc1)c1cc2ccccc2c2ccccc12. The van der Waals surface area contributed by atoms with Crippen molar-refractivity contribution in [2.24, 2.45) is 0 Å². The molecule has 0 N–H and O–H groups in total. The average Bonchev–Trinajstić information content (AvgIpc) is 3.27. The van der Waals surface area contributed by atoms with Crippen LogP contribution in [0.15, 0.2) is 200 Å². The van der Waals surface area contributed by atoms with E-state index in [1.165, 1.54) is 84.2 Å². The molecule has 0 amide bonds. The van der Waals surface area contributed by atoms with Crippen molar-refractivity contribution in [1.82, 2.24) is 0 Å². The van der Waals surface area contributed by atoms with Crippen LogP contribution in [-0.4, -0.2) is 0 Å². The Balaban J connectivity index is 1.12. The van der Waals surface area contributed by atoms with E-state index in [9.17, 15) is 0 Å². The summed E-state index contributed by atoms with van der Waals surface area (Å²) in [5, 5.41) is 7.63. The Hall–Kier alpha value is -6.70. The molecule has 0 aliphatic heterocycles. The Morgan fingerprint density at radius 2 is 1.20 bits per heavy atom. The highest BCUT2D eigenvalue weighted by Gasteiger charge is 2.19. The molecule has 0 radical (unpaired) electrons. The number of anilines is 3. The number of hydrogen-bond donors (Lipinski definition) is 0. The molecule has 56 heavy (non-hydrogen) atoms. The first-order valence-electron chi connectivity index (χ1n) is 19.9. The van der Waals surface area contributed by atoms with Crippen molar-refractivity contribution in [2.75, 3.05) is 4.90 Å².